The quantitative estimate of drug-likeness (QED) is 0.176. The number of nitrogens with zero attached hydrogens (tertiary/aromatic N) is 5. The monoisotopic (exact) mass is 596 g/mol. The van der Waals surface area contributed by atoms with Crippen LogP contribution in [0, 0.1) is 18.4 Å². The van der Waals surface area contributed by atoms with Crippen LogP contribution < -0.4 is 20.9 Å². The average molecular weight is 597 g/mol. The number of amides is 3. The van der Waals surface area contributed by atoms with Crippen LogP contribution in [-0.2, 0) is 14.4 Å². The Labute approximate surface area is 255 Å². The van der Waals surface area contributed by atoms with E-state index in [2.05, 4.69) is 25.8 Å². The molecule has 3 aliphatic heterocycles. The number of para-hydroxylation sites is 1. The molecule has 3 fully saturated rings. The van der Waals surface area contributed by atoms with Crippen LogP contribution in [0.3, 0.4) is 0 Å². The standard InChI is InChI=1S/C32H36N8O4/c1-22-17-23-18-24(10-11-27(23)44-22)36-31(34-20-33)37-26-9-5-6-14-39(29(26)42)19-28(41)38-15-12-32(13-16-38)30(43)35-21-40(32)25-7-3-2-4-8-25/h2-4,7-8,10-11,17-18,26H,5-6,9,12-16,19,21H2,1H3,(H,35,43)(H2,34,36,37)/t26-/m0/s1. The molecule has 3 saturated heterocycles. The van der Waals surface area contributed by atoms with Crippen molar-refractivity contribution in [3.63, 3.8) is 0 Å². The highest BCUT2D eigenvalue weighted by molar-refractivity contribution is 5.99. The van der Waals surface area contributed by atoms with Crippen LogP contribution in [0.15, 0.2) is 64.0 Å². The molecule has 3 N–H and O–H groups in total. The molecule has 0 unspecified atom stereocenters. The Bertz CT molecular complexity index is 1620. The highest BCUT2D eigenvalue weighted by Crippen LogP contribution is 2.36. The third-order valence-corrected chi connectivity index (χ3v) is 8.79. The lowest BCUT2D eigenvalue weighted by Gasteiger charge is -2.43. The minimum absolute atomic E-state index is 0.00737. The highest BCUT2D eigenvalue weighted by Gasteiger charge is 2.50. The second-order valence-corrected chi connectivity index (χ2v) is 11.6. The number of likely N-dealkylation sites (tertiary alicyclic amines) is 2. The van der Waals surface area contributed by atoms with Gasteiger partial charge in [0.1, 0.15) is 22.9 Å². The van der Waals surface area contributed by atoms with E-state index in [0.29, 0.717) is 51.3 Å². The fourth-order valence-corrected chi connectivity index (χ4v) is 6.48. The first-order valence-electron chi connectivity index (χ1n) is 15.0. The zero-order valence-electron chi connectivity index (χ0n) is 24.7. The summed E-state index contributed by atoms with van der Waals surface area (Å²) in [5, 5.41) is 18.9. The van der Waals surface area contributed by atoms with E-state index >= 15 is 0 Å². The first-order chi connectivity index (χ1) is 21.4. The van der Waals surface area contributed by atoms with Crippen molar-refractivity contribution in [2.75, 3.05) is 43.1 Å². The van der Waals surface area contributed by atoms with E-state index in [0.717, 1.165) is 35.3 Å². The van der Waals surface area contributed by atoms with Crippen LogP contribution in [0.2, 0.25) is 0 Å². The maximum absolute atomic E-state index is 13.6. The van der Waals surface area contributed by atoms with Crippen LogP contribution in [0.4, 0.5) is 11.4 Å². The van der Waals surface area contributed by atoms with Gasteiger partial charge in [-0.25, -0.2) is 4.99 Å². The van der Waals surface area contributed by atoms with Crippen molar-refractivity contribution in [3.05, 3.63) is 60.4 Å². The molecule has 2 aromatic carbocycles. The van der Waals surface area contributed by atoms with Crippen molar-refractivity contribution in [1.29, 1.82) is 5.26 Å². The fourth-order valence-electron chi connectivity index (χ4n) is 6.48. The molecule has 6 rings (SSSR count). The van der Waals surface area contributed by atoms with Crippen molar-refractivity contribution in [2.24, 2.45) is 4.99 Å². The number of anilines is 2. The van der Waals surface area contributed by atoms with E-state index < -0.39 is 11.6 Å². The van der Waals surface area contributed by atoms with Gasteiger partial charge in [0, 0.05) is 36.4 Å². The van der Waals surface area contributed by atoms with Gasteiger partial charge in [0.2, 0.25) is 23.7 Å². The molecule has 1 spiro atoms. The van der Waals surface area contributed by atoms with E-state index in [9.17, 15) is 19.6 Å². The van der Waals surface area contributed by atoms with Gasteiger partial charge in [-0.1, -0.05) is 18.2 Å². The molecule has 44 heavy (non-hydrogen) atoms. The number of aliphatic imine (C=N–C) groups is 1. The van der Waals surface area contributed by atoms with Gasteiger partial charge in [-0.15, -0.1) is 0 Å². The van der Waals surface area contributed by atoms with Gasteiger partial charge in [0.15, 0.2) is 6.19 Å². The van der Waals surface area contributed by atoms with Crippen molar-refractivity contribution in [3.8, 4) is 6.19 Å². The Morgan fingerprint density at radius 1 is 1.11 bits per heavy atom. The molecule has 0 saturated carbocycles. The van der Waals surface area contributed by atoms with Crippen LogP contribution in [-0.4, -0.2) is 77.9 Å². The molecule has 12 heteroatoms. The molecular weight excluding hydrogens is 560 g/mol. The largest absolute Gasteiger partial charge is 0.461 e. The van der Waals surface area contributed by atoms with Crippen LogP contribution in [0.1, 0.15) is 37.9 Å². The molecule has 3 aliphatic rings. The number of benzene rings is 2. The third-order valence-electron chi connectivity index (χ3n) is 8.79. The van der Waals surface area contributed by atoms with E-state index in [1.807, 2.05) is 67.7 Å². The number of hydrogen-bond acceptors (Lipinski definition) is 7. The average Bonchev–Trinajstić information content (AvgIpc) is 3.50. The first kappa shape index (κ1) is 29.0. The number of carbonyl (C=O) groups excluding carboxylic acids is 3. The number of hydrogen-bond donors (Lipinski definition) is 3. The van der Waals surface area contributed by atoms with E-state index in [-0.39, 0.29) is 30.2 Å². The zero-order chi connectivity index (χ0) is 30.7. The molecule has 228 valence electrons. The van der Waals surface area contributed by atoms with E-state index in [4.69, 9.17) is 4.42 Å². The molecule has 0 aliphatic carbocycles. The number of furan rings is 1. The van der Waals surface area contributed by atoms with E-state index in [1.54, 1.807) is 9.80 Å². The number of carbonyl (C=O) groups is 3. The summed E-state index contributed by atoms with van der Waals surface area (Å²) in [4.78, 5) is 50.1. The summed E-state index contributed by atoms with van der Waals surface area (Å²) in [6.07, 6.45) is 4.95. The Morgan fingerprint density at radius 3 is 2.68 bits per heavy atom. The lowest BCUT2D eigenvalue weighted by molar-refractivity contribution is -0.142. The molecule has 3 amide bonds. The normalized spacial score (nSPS) is 20.4. The summed E-state index contributed by atoms with van der Waals surface area (Å²) in [5.74, 6) is 0.571. The highest BCUT2D eigenvalue weighted by atomic mass is 16.3. The lowest BCUT2D eigenvalue weighted by atomic mass is 9.85. The van der Waals surface area contributed by atoms with Crippen LogP contribution >= 0.6 is 0 Å². The number of fused-ring (bicyclic) bond motifs is 1. The van der Waals surface area contributed by atoms with Crippen molar-refractivity contribution >= 4 is 46.0 Å². The number of rotatable bonds is 5. The van der Waals surface area contributed by atoms with Gasteiger partial charge in [-0.2, -0.15) is 5.26 Å². The van der Waals surface area contributed by atoms with Crippen LogP contribution in [0.25, 0.3) is 11.0 Å². The topological polar surface area (TPSA) is 146 Å². The Morgan fingerprint density at radius 2 is 1.91 bits per heavy atom. The minimum Gasteiger partial charge on any atom is -0.461 e. The summed E-state index contributed by atoms with van der Waals surface area (Å²) in [7, 11) is 0. The first-order valence-corrected chi connectivity index (χ1v) is 15.0. The predicted molar refractivity (Wildman–Crippen MR) is 165 cm³/mol. The number of guanidine groups is 1. The second-order valence-electron chi connectivity index (χ2n) is 11.6. The van der Waals surface area contributed by atoms with Gasteiger partial charge < -0.3 is 29.8 Å². The summed E-state index contributed by atoms with van der Waals surface area (Å²) in [5.41, 5.74) is 1.74. The summed E-state index contributed by atoms with van der Waals surface area (Å²) in [6, 6.07) is 16.6. The fraction of sp³-hybridized carbons (Fsp3) is 0.406. The number of piperidine rings is 1. The van der Waals surface area contributed by atoms with E-state index in [1.165, 1.54) is 0 Å². The van der Waals surface area contributed by atoms with Gasteiger partial charge in [0.05, 0.1) is 13.2 Å². The van der Waals surface area contributed by atoms with Crippen molar-refractivity contribution in [2.45, 2.75) is 50.6 Å². The molecule has 12 nitrogen and oxygen atoms in total. The molecule has 0 bridgehead atoms. The van der Waals surface area contributed by atoms with Gasteiger partial charge >= 0.3 is 0 Å². The molecule has 4 heterocycles. The number of nitriles is 1. The Balaban J connectivity index is 1.11. The van der Waals surface area contributed by atoms with Gasteiger partial charge in [-0.05, 0) is 75.4 Å². The smallest absolute Gasteiger partial charge is 0.247 e. The van der Waals surface area contributed by atoms with Gasteiger partial charge in [-0.3, -0.25) is 19.7 Å². The van der Waals surface area contributed by atoms with Crippen molar-refractivity contribution < 1.29 is 18.8 Å². The zero-order valence-corrected chi connectivity index (χ0v) is 24.7. The summed E-state index contributed by atoms with van der Waals surface area (Å²) < 4.78 is 5.64. The maximum atomic E-state index is 13.6. The molecule has 3 aromatic rings. The van der Waals surface area contributed by atoms with Gasteiger partial charge in [0.25, 0.3) is 0 Å². The third kappa shape index (κ3) is 5.77. The molecular formula is C32H36N8O4. The molecule has 1 atom stereocenters. The van der Waals surface area contributed by atoms with Crippen LogP contribution in [0.5, 0.6) is 0 Å². The number of nitrogens with one attached hydrogen (secondary N) is 3. The maximum Gasteiger partial charge on any atom is 0.247 e. The summed E-state index contributed by atoms with van der Waals surface area (Å²) in [6.45, 7) is 3.59. The van der Waals surface area contributed by atoms with Crippen molar-refractivity contribution in [1.82, 2.24) is 20.4 Å². The second kappa shape index (κ2) is 12.3. The predicted octanol–water partition coefficient (Wildman–Crippen LogP) is 2.92. The molecule has 0 radical (unpaired) electrons. The SMILES string of the molecule is Cc1cc2cc(NC(=N[C@H]3CCCCN(CC(=O)N4CCC5(CC4)C(=O)NCN5c4ccccc4)C3=O)NC#N)ccc2o1. The number of aryl methyl sites for hydroxylation is 1. The molecule has 1 aromatic heterocycles. The minimum atomic E-state index is -0.736. The summed E-state index contributed by atoms with van der Waals surface area (Å²) >= 11 is 0. The Kier molecular flexibility index (Phi) is 8.11. The Hall–Kier alpha value is -5.05. The lowest BCUT2D eigenvalue weighted by Crippen LogP contribution is -2.58.